The molecule has 0 saturated heterocycles. The van der Waals surface area contributed by atoms with Gasteiger partial charge in [-0.1, -0.05) is 0 Å². The molecule has 0 aromatic carbocycles. The van der Waals surface area contributed by atoms with Crippen molar-refractivity contribution in [1.29, 1.82) is 0 Å². The number of aliphatic hydroxyl groups is 1. The minimum absolute atomic E-state index is 0.0572. The molecule has 0 saturated carbocycles. The number of aromatic amines is 1. The first-order valence-corrected chi connectivity index (χ1v) is 4.89. The summed E-state index contributed by atoms with van der Waals surface area (Å²) in [5, 5.41) is 10.7. The molecular formula is C11H12N2O3. The number of nitrogens with zero attached hydrogens (tertiary/aromatic N) is 1. The summed E-state index contributed by atoms with van der Waals surface area (Å²) in [5.41, 5.74) is 1.36. The minimum atomic E-state index is -0.870. The lowest BCUT2D eigenvalue weighted by atomic mass is 10.1. The van der Waals surface area contributed by atoms with Crippen molar-refractivity contribution < 1.29 is 14.6 Å². The molecule has 0 aliphatic carbocycles. The number of fused-ring (bicyclic) bond motifs is 1. The van der Waals surface area contributed by atoms with Crippen LogP contribution < -0.4 is 0 Å². The van der Waals surface area contributed by atoms with Gasteiger partial charge in [0, 0.05) is 23.3 Å². The molecule has 0 unspecified atom stereocenters. The van der Waals surface area contributed by atoms with Crippen molar-refractivity contribution in [2.24, 2.45) is 0 Å². The summed E-state index contributed by atoms with van der Waals surface area (Å²) in [7, 11) is 1.30. The van der Waals surface area contributed by atoms with E-state index in [1.54, 1.807) is 18.5 Å². The van der Waals surface area contributed by atoms with Crippen LogP contribution in [0.5, 0.6) is 0 Å². The summed E-state index contributed by atoms with van der Waals surface area (Å²) in [6.07, 6.45) is 2.39. The van der Waals surface area contributed by atoms with E-state index in [1.165, 1.54) is 7.11 Å². The van der Waals surface area contributed by atoms with Crippen molar-refractivity contribution in [3.63, 3.8) is 0 Å². The van der Waals surface area contributed by atoms with E-state index in [9.17, 15) is 9.90 Å². The first-order chi connectivity index (χ1) is 7.72. The molecular weight excluding hydrogens is 208 g/mol. The summed E-state index contributed by atoms with van der Waals surface area (Å²) < 4.78 is 4.51. The van der Waals surface area contributed by atoms with Crippen LogP contribution in [0.2, 0.25) is 0 Å². The van der Waals surface area contributed by atoms with Gasteiger partial charge in [-0.3, -0.25) is 4.79 Å². The predicted molar refractivity (Wildman–Crippen MR) is 57.7 cm³/mol. The van der Waals surface area contributed by atoms with Crippen molar-refractivity contribution in [2.45, 2.75) is 12.5 Å². The monoisotopic (exact) mass is 220 g/mol. The molecule has 2 N–H and O–H groups in total. The molecule has 16 heavy (non-hydrogen) atoms. The number of hydrogen-bond donors (Lipinski definition) is 2. The van der Waals surface area contributed by atoms with Crippen LogP contribution >= 0.6 is 0 Å². The van der Waals surface area contributed by atoms with Gasteiger partial charge in [-0.15, -0.1) is 0 Å². The average molecular weight is 220 g/mol. The van der Waals surface area contributed by atoms with Crippen LogP contribution in [0.3, 0.4) is 0 Å². The number of pyridine rings is 1. The van der Waals surface area contributed by atoms with Gasteiger partial charge < -0.3 is 14.8 Å². The van der Waals surface area contributed by atoms with Crippen LogP contribution in [0.1, 0.15) is 18.1 Å². The molecule has 84 valence electrons. The number of aliphatic hydroxyl groups excluding tert-OH is 1. The van der Waals surface area contributed by atoms with Gasteiger partial charge in [-0.25, -0.2) is 4.98 Å². The lowest BCUT2D eigenvalue weighted by Crippen LogP contribution is -2.07. The smallest absolute Gasteiger partial charge is 0.308 e. The maximum Gasteiger partial charge on any atom is 0.308 e. The van der Waals surface area contributed by atoms with Gasteiger partial charge in [0.25, 0.3) is 0 Å². The molecule has 2 rings (SSSR count). The van der Waals surface area contributed by atoms with Crippen LogP contribution in [0.15, 0.2) is 24.5 Å². The quantitative estimate of drug-likeness (QED) is 0.761. The molecule has 0 radical (unpaired) electrons. The number of ether oxygens (including phenoxy) is 1. The second-order valence-corrected chi connectivity index (χ2v) is 3.44. The highest BCUT2D eigenvalue weighted by Crippen LogP contribution is 2.24. The highest BCUT2D eigenvalue weighted by molar-refractivity contribution is 5.81. The average Bonchev–Trinajstić information content (AvgIpc) is 2.72. The second-order valence-electron chi connectivity index (χ2n) is 3.44. The van der Waals surface area contributed by atoms with Crippen molar-refractivity contribution in [1.82, 2.24) is 9.97 Å². The Morgan fingerprint density at radius 2 is 2.50 bits per heavy atom. The Hall–Kier alpha value is -1.88. The first kappa shape index (κ1) is 10.6. The van der Waals surface area contributed by atoms with Crippen LogP contribution in [-0.4, -0.2) is 28.2 Å². The molecule has 2 aromatic rings. The van der Waals surface area contributed by atoms with Gasteiger partial charge in [0.15, 0.2) is 0 Å². The fraction of sp³-hybridized carbons (Fsp3) is 0.273. The second kappa shape index (κ2) is 4.32. The number of H-pyrrole nitrogens is 1. The third-order valence-electron chi connectivity index (χ3n) is 2.43. The van der Waals surface area contributed by atoms with Gasteiger partial charge >= 0.3 is 5.97 Å². The molecule has 0 aliphatic heterocycles. The Morgan fingerprint density at radius 1 is 1.69 bits per heavy atom. The number of carbonyl (C=O) groups is 1. The SMILES string of the molecule is COC(=O)C[C@H](O)c1c[nH]c2ncccc12. The fourth-order valence-electron chi connectivity index (χ4n) is 1.60. The Bertz CT molecular complexity index is 507. The van der Waals surface area contributed by atoms with E-state index in [2.05, 4.69) is 14.7 Å². The molecule has 0 aliphatic rings. The summed E-state index contributed by atoms with van der Waals surface area (Å²) in [6.45, 7) is 0. The topological polar surface area (TPSA) is 75.2 Å². The van der Waals surface area contributed by atoms with Crippen LogP contribution in [0.4, 0.5) is 0 Å². The number of nitrogens with one attached hydrogen (secondary N) is 1. The van der Waals surface area contributed by atoms with Crippen molar-refractivity contribution in [3.05, 3.63) is 30.1 Å². The molecule has 1 atom stereocenters. The first-order valence-electron chi connectivity index (χ1n) is 4.89. The molecule has 0 spiro atoms. The Balaban J connectivity index is 2.29. The maximum atomic E-state index is 11.0. The number of esters is 1. The number of aromatic nitrogens is 2. The molecule has 0 bridgehead atoms. The highest BCUT2D eigenvalue weighted by Gasteiger charge is 2.17. The van der Waals surface area contributed by atoms with Gasteiger partial charge in [0.1, 0.15) is 5.65 Å². The standard InChI is InChI=1S/C11H12N2O3/c1-16-10(15)5-9(14)8-6-13-11-7(8)3-2-4-12-11/h2-4,6,9,14H,5H2,1H3,(H,12,13)/t9-/m0/s1. The Kier molecular flexibility index (Phi) is 2.87. The molecule has 2 aromatic heterocycles. The molecule has 0 fully saturated rings. The van der Waals surface area contributed by atoms with Crippen LogP contribution in [0, 0.1) is 0 Å². The summed E-state index contributed by atoms with van der Waals surface area (Å²) >= 11 is 0. The van der Waals surface area contributed by atoms with Crippen molar-refractivity contribution in [2.75, 3.05) is 7.11 Å². The zero-order valence-corrected chi connectivity index (χ0v) is 8.80. The van der Waals surface area contributed by atoms with Crippen molar-refractivity contribution in [3.8, 4) is 0 Å². The van der Waals surface area contributed by atoms with Crippen LogP contribution in [-0.2, 0) is 9.53 Å². The predicted octanol–water partition coefficient (Wildman–Crippen LogP) is 1.16. The van der Waals surface area contributed by atoms with E-state index < -0.39 is 12.1 Å². The fourth-order valence-corrected chi connectivity index (χ4v) is 1.60. The van der Waals surface area contributed by atoms with E-state index in [1.807, 2.05) is 6.07 Å². The minimum Gasteiger partial charge on any atom is -0.469 e. The summed E-state index contributed by atoms with van der Waals surface area (Å²) in [5.74, 6) is -0.439. The molecule has 5 heteroatoms. The number of carbonyl (C=O) groups excluding carboxylic acids is 1. The molecule has 2 heterocycles. The maximum absolute atomic E-state index is 11.0. The van der Waals surface area contributed by atoms with Crippen LogP contribution in [0.25, 0.3) is 11.0 Å². The number of rotatable bonds is 3. The lowest BCUT2D eigenvalue weighted by molar-refractivity contribution is -0.142. The molecule has 0 amide bonds. The van der Waals surface area contributed by atoms with Gasteiger partial charge in [0.05, 0.1) is 19.6 Å². The number of hydrogen-bond acceptors (Lipinski definition) is 4. The Labute approximate surface area is 92.1 Å². The van der Waals surface area contributed by atoms with E-state index in [-0.39, 0.29) is 6.42 Å². The third kappa shape index (κ3) is 1.90. The van der Waals surface area contributed by atoms with Gasteiger partial charge in [0.2, 0.25) is 0 Å². The number of methoxy groups -OCH3 is 1. The lowest BCUT2D eigenvalue weighted by Gasteiger charge is -2.07. The summed E-state index contributed by atoms with van der Waals surface area (Å²) in [6, 6.07) is 3.62. The Morgan fingerprint density at radius 3 is 3.25 bits per heavy atom. The van der Waals surface area contributed by atoms with Crippen molar-refractivity contribution >= 4 is 17.0 Å². The normalized spacial score (nSPS) is 12.6. The van der Waals surface area contributed by atoms with E-state index in [4.69, 9.17) is 0 Å². The van der Waals surface area contributed by atoms with Gasteiger partial charge in [-0.05, 0) is 12.1 Å². The van der Waals surface area contributed by atoms with E-state index in [0.717, 1.165) is 5.39 Å². The zero-order chi connectivity index (χ0) is 11.5. The zero-order valence-electron chi connectivity index (χ0n) is 8.80. The van der Waals surface area contributed by atoms with Gasteiger partial charge in [-0.2, -0.15) is 0 Å². The molecule has 5 nitrogen and oxygen atoms in total. The van der Waals surface area contributed by atoms with E-state index in [0.29, 0.717) is 11.2 Å². The summed E-state index contributed by atoms with van der Waals surface area (Å²) in [4.78, 5) is 18.1. The largest absolute Gasteiger partial charge is 0.469 e. The highest BCUT2D eigenvalue weighted by atomic mass is 16.5. The van der Waals surface area contributed by atoms with E-state index >= 15 is 0 Å². The third-order valence-corrected chi connectivity index (χ3v) is 2.43.